The molecule has 0 bridgehead atoms. The quantitative estimate of drug-likeness (QED) is 0.564. The zero-order chi connectivity index (χ0) is 16.2. The van der Waals surface area contributed by atoms with Crippen molar-refractivity contribution in [3.63, 3.8) is 0 Å². The molecule has 0 atom stereocenters. The van der Waals surface area contributed by atoms with E-state index in [1.807, 2.05) is 35.7 Å². The maximum atomic E-state index is 12.3. The number of amides is 1. The van der Waals surface area contributed by atoms with E-state index in [9.17, 15) is 14.9 Å². The molecule has 0 unspecified atom stereocenters. The monoisotopic (exact) mass is 324 g/mol. The van der Waals surface area contributed by atoms with Crippen molar-refractivity contribution in [3.05, 3.63) is 81.7 Å². The van der Waals surface area contributed by atoms with Gasteiger partial charge in [0.25, 0.3) is 11.6 Å². The molecule has 5 nitrogen and oxygen atoms in total. The zero-order valence-corrected chi connectivity index (χ0v) is 12.7. The van der Waals surface area contributed by atoms with E-state index in [0.717, 1.165) is 10.4 Å². The molecule has 0 saturated heterocycles. The fourth-order valence-corrected chi connectivity index (χ4v) is 2.85. The molecule has 0 aliphatic rings. The van der Waals surface area contributed by atoms with Crippen LogP contribution in [0.4, 0.5) is 11.4 Å². The van der Waals surface area contributed by atoms with Gasteiger partial charge in [-0.05, 0) is 41.3 Å². The predicted molar refractivity (Wildman–Crippen MR) is 90.8 cm³/mol. The lowest BCUT2D eigenvalue weighted by Gasteiger charge is -2.06. The third kappa shape index (κ3) is 3.44. The summed E-state index contributed by atoms with van der Waals surface area (Å²) in [6.07, 6.45) is 0. The molecule has 1 aromatic heterocycles. The number of benzene rings is 2. The van der Waals surface area contributed by atoms with Crippen LogP contribution in [0.25, 0.3) is 10.4 Å². The zero-order valence-electron chi connectivity index (χ0n) is 11.9. The smallest absolute Gasteiger partial charge is 0.269 e. The predicted octanol–water partition coefficient (Wildman–Crippen LogP) is 4.58. The number of non-ortho nitro benzene ring substituents is 1. The van der Waals surface area contributed by atoms with Gasteiger partial charge in [0.05, 0.1) is 4.92 Å². The van der Waals surface area contributed by atoms with Crippen molar-refractivity contribution in [1.29, 1.82) is 0 Å². The van der Waals surface area contributed by atoms with Crippen LogP contribution in [0.2, 0.25) is 0 Å². The first-order valence-corrected chi connectivity index (χ1v) is 7.71. The van der Waals surface area contributed by atoms with E-state index < -0.39 is 4.92 Å². The summed E-state index contributed by atoms with van der Waals surface area (Å²) in [6.45, 7) is 0. The fraction of sp³-hybridized carbons (Fsp3) is 0. The number of anilines is 1. The Morgan fingerprint density at radius 1 is 1.04 bits per heavy atom. The van der Waals surface area contributed by atoms with E-state index in [1.54, 1.807) is 17.4 Å². The third-order valence-corrected chi connectivity index (χ3v) is 4.19. The molecule has 0 aliphatic heterocycles. The van der Waals surface area contributed by atoms with Gasteiger partial charge in [-0.1, -0.05) is 18.2 Å². The molecule has 1 N–H and O–H groups in total. The molecule has 1 heterocycles. The Morgan fingerprint density at radius 2 is 1.83 bits per heavy atom. The highest BCUT2D eigenvalue weighted by atomic mass is 32.1. The summed E-state index contributed by atoms with van der Waals surface area (Å²) in [6, 6.07) is 17.0. The molecule has 3 aromatic rings. The highest BCUT2D eigenvalue weighted by molar-refractivity contribution is 7.13. The maximum Gasteiger partial charge on any atom is 0.269 e. The number of carbonyl (C=O) groups is 1. The minimum Gasteiger partial charge on any atom is -0.322 e. The van der Waals surface area contributed by atoms with Crippen molar-refractivity contribution >= 4 is 28.6 Å². The van der Waals surface area contributed by atoms with E-state index in [-0.39, 0.29) is 11.6 Å². The van der Waals surface area contributed by atoms with Crippen molar-refractivity contribution in [2.24, 2.45) is 0 Å². The summed E-state index contributed by atoms with van der Waals surface area (Å²) in [5.74, 6) is -0.253. The second-order valence-corrected chi connectivity index (χ2v) is 5.76. The van der Waals surface area contributed by atoms with Gasteiger partial charge in [-0.2, -0.15) is 0 Å². The van der Waals surface area contributed by atoms with Gasteiger partial charge in [0.15, 0.2) is 0 Å². The number of nitro benzene ring substituents is 1. The Hall–Kier alpha value is -2.99. The number of carbonyl (C=O) groups excluding carboxylic acids is 1. The van der Waals surface area contributed by atoms with Gasteiger partial charge in [-0.15, -0.1) is 11.3 Å². The number of hydrogen-bond acceptors (Lipinski definition) is 4. The Kier molecular flexibility index (Phi) is 4.16. The molecule has 0 fully saturated rings. The Morgan fingerprint density at radius 3 is 2.48 bits per heavy atom. The third-order valence-electron chi connectivity index (χ3n) is 3.27. The molecule has 114 valence electrons. The number of nitrogens with one attached hydrogen (secondary N) is 1. The van der Waals surface area contributed by atoms with E-state index in [0.29, 0.717) is 11.3 Å². The lowest BCUT2D eigenvalue weighted by Crippen LogP contribution is -2.11. The van der Waals surface area contributed by atoms with Gasteiger partial charge < -0.3 is 5.32 Å². The summed E-state index contributed by atoms with van der Waals surface area (Å²) in [4.78, 5) is 23.6. The van der Waals surface area contributed by atoms with Crippen LogP contribution in [0.3, 0.4) is 0 Å². The van der Waals surface area contributed by atoms with Gasteiger partial charge in [0.1, 0.15) is 0 Å². The van der Waals surface area contributed by atoms with E-state index >= 15 is 0 Å². The Balaban J connectivity index is 1.78. The highest BCUT2D eigenvalue weighted by Crippen LogP contribution is 2.25. The fourth-order valence-electron chi connectivity index (χ4n) is 2.13. The molecule has 1 amide bonds. The first kappa shape index (κ1) is 14.9. The average molecular weight is 324 g/mol. The molecule has 2 aromatic carbocycles. The molecule has 23 heavy (non-hydrogen) atoms. The molecular weight excluding hydrogens is 312 g/mol. The number of thiophene rings is 1. The SMILES string of the molecule is O=C(Nc1ccc([N+](=O)[O-])cc1)c1cccc(-c2cccs2)c1. The first-order chi connectivity index (χ1) is 11.1. The average Bonchev–Trinajstić information content (AvgIpc) is 3.10. The summed E-state index contributed by atoms with van der Waals surface area (Å²) in [5.41, 5.74) is 2.02. The van der Waals surface area contributed by atoms with Gasteiger partial charge in [0.2, 0.25) is 0 Å². The lowest BCUT2D eigenvalue weighted by molar-refractivity contribution is -0.384. The normalized spacial score (nSPS) is 10.3. The summed E-state index contributed by atoms with van der Waals surface area (Å²) in [7, 11) is 0. The van der Waals surface area contributed by atoms with Crippen molar-refractivity contribution in [2.45, 2.75) is 0 Å². The number of nitro groups is 1. The van der Waals surface area contributed by atoms with Gasteiger partial charge in [-0.25, -0.2) is 0 Å². The van der Waals surface area contributed by atoms with Gasteiger partial charge in [-0.3, -0.25) is 14.9 Å². The number of hydrogen-bond donors (Lipinski definition) is 1. The maximum absolute atomic E-state index is 12.3. The molecule has 3 rings (SSSR count). The second kappa shape index (κ2) is 6.41. The Bertz CT molecular complexity index is 843. The Labute approximate surface area is 136 Å². The standard InChI is InChI=1S/C17H12N2O3S/c20-17(18-14-6-8-15(9-7-14)19(21)22)13-4-1-3-12(11-13)16-5-2-10-23-16/h1-11H,(H,18,20). The van der Waals surface area contributed by atoms with E-state index in [4.69, 9.17) is 0 Å². The molecule has 0 radical (unpaired) electrons. The van der Waals surface area contributed by atoms with Crippen LogP contribution in [-0.2, 0) is 0 Å². The highest BCUT2D eigenvalue weighted by Gasteiger charge is 2.09. The molecule has 0 saturated carbocycles. The summed E-state index contributed by atoms with van der Waals surface area (Å²) < 4.78 is 0. The molecule has 0 spiro atoms. The van der Waals surface area contributed by atoms with Crippen molar-refractivity contribution < 1.29 is 9.72 Å². The first-order valence-electron chi connectivity index (χ1n) is 6.83. The molecule has 6 heteroatoms. The van der Waals surface area contributed by atoms with Gasteiger partial charge in [0, 0.05) is 28.3 Å². The van der Waals surface area contributed by atoms with Crippen molar-refractivity contribution in [1.82, 2.24) is 0 Å². The van der Waals surface area contributed by atoms with E-state index in [2.05, 4.69) is 5.32 Å². The summed E-state index contributed by atoms with van der Waals surface area (Å²) in [5, 5.41) is 15.3. The van der Waals surface area contributed by atoms with Crippen LogP contribution in [0.15, 0.2) is 66.0 Å². The number of rotatable bonds is 4. The minimum atomic E-state index is -0.476. The largest absolute Gasteiger partial charge is 0.322 e. The topological polar surface area (TPSA) is 72.2 Å². The van der Waals surface area contributed by atoms with Crippen LogP contribution >= 0.6 is 11.3 Å². The number of nitrogens with zero attached hydrogens (tertiary/aromatic N) is 1. The molecular formula is C17H12N2O3S. The lowest BCUT2D eigenvalue weighted by atomic mass is 10.1. The van der Waals surface area contributed by atoms with Crippen LogP contribution < -0.4 is 5.32 Å². The van der Waals surface area contributed by atoms with Crippen LogP contribution in [-0.4, -0.2) is 10.8 Å². The van der Waals surface area contributed by atoms with Crippen LogP contribution in [0.1, 0.15) is 10.4 Å². The van der Waals surface area contributed by atoms with E-state index in [1.165, 1.54) is 24.3 Å². The van der Waals surface area contributed by atoms with Gasteiger partial charge >= 0.3 is 0 Å². The van der Waals surface area contributed by atoms with Crippen LogP contribution in [0, 0.1) is 10.1 Å². The molecule has 0 aliphatic carbocycles. The van der Waals surface area contributed by atoms with Crippen molar-refractivity contribution in [3.8, 4) is 10.4 Å². The second-order valence-electron chi connectivity index (χ2n) is 4.82. The van der Waals surface area contributed by atoms with Crippen molar-refractivity contribution in [2.75, 3.05) is 5.32 Å². The van der Waals surface area contributed by atoms with Crippen LogP contribution in [0.5, 0.6) is 0 Å². The summed E-state index contributed by atoms with van der Waals surface area (Å²) >= 11 is 1.61. The minimum absolute atomic E-state index is 0.0114.